The van der Waals surface area contributed by atoms with Crippen LogP contribution in [0, 0.1) is 34.5 Å². The molecular formula is C18H28O. The first-order chi connectivity index (χ1) is 9.03. The van der Waals surface area contributed by atoms with Crippen molar-refractivity contribution in [2.24, 2.45) is 34.5 Å². The zero-order valence-electron chi connectivity index (χ0n) is 12.6. The molecule has 1 heteroatoms. The monoisotopic (exact) mass is 260 g/mol. The fourth-order valence-electron chi connectivity index (χ4n) is 6.91. The van der Waals surface area contributed by atoms with Gasteiger partial charge in [-0.25, -0.2) is 0 Å². The number of carbonyl (C=O) groups excluding carboxylic acids is 1. The van der Waals surface area contributed by atoms with Crippen LogP contribution in [0.15, 0.2) is 0 Å². The van der Waals surface area contributed by atoms with Crippen molar-refractivity contribution >= 4 is 5.78 Å². The Bertz CT molecular complexity index is 414. The molecular weight excluding hydrogens is 232 g/mol. The Morgan fingerprint density at radius 3 is 2.68 bits per heavy atom. The predicted molar refractivity (Wildman–Crippen MR) is 76.7 cm³/mol. The molecule has 0 unspecified atom stereocenters. The minimum absolute atomic E-state index is 0.379. The molecule has 19 heavy (non-hydrogen) atoms. The van der Waals surface area contributed by atoms with Gasteiger partial charge in [0.15, 0.2) is 0 Å². The smallest absolute Gasteiger partial charge is 0.133 e. The van der Waals surface area contributed by atoms with Gasteiger partial charge in [0.05, 0.1) is 0 Å². The van der Waals surface area contributed by atoms with Gasteiger partial charge in [0.25, 0.3) is 0 Å². The summed E-state index contributed by atoms with van der Waals surface area (Å²) < 4.78 is 0. The normalized spacial score (nSPS) is 56.6. The maximum atomic E-state index is 12.0. The molecule has 6 atom stereocenters. The van der Waals surface area contributed by atoms with Crippen LogP contribution in [-0.2, 0) is 4.79 Å². The van der Waals surface area contributed by atoms with E-state index in [0.29, 0.717) is 16.6 Å². The average Bonchev–Trinajstić information content (AvgIpc) is 2.87. The van der Waals surface area contributed by atoms with Gasteiger partial charge >= 0.3 is 0 Å². The summed E-state index contributed by atoms with van der Waals surface area (Å²) in [5, 5.41) is 0. The number of hydrogen-bond acceptors (Lipinski definition) is 1. The van der Waals surface area contributed by atoms with Gasteiger partial charge in [-0.05, 0) is 73.0 Å². The Morgan fingerprint density at radius 2 is 1.84 bits per heavy atom. The molecule has 4 fully saturated rings. The molecule has 0 aromatic carbocycles. The SMILES string of the molecule is C[C@]12CCC[C@@H]1[C@@H]1CC[C@H]3CC(=O)C[C@]3(C)[C@H]1CC2. The molecule has 0 heterocycles. The van der Waals surface area contributed by atoms with Crippen molar-refractivity contribution in [3.8, 4) is 0 Å². The molecule has 4 rings (SSSR count). The minimum Gasteiger partial charge on any atom is -0.300 e. The summed E-state index contributed by atoms with van der Waals surface area (Å²) in [6, 6.07) is 0. The van der Waals surface area contributed by atoms with Crippen LogP contribution in [0.5, 0.6) is 0 Å². The quantitative estimate of drug-likeness (QED) is 0.622. The molecule has 0 N–H and O–H groups in total. The van der Waals surface area contributed by atoms with Crippen LogP contribution < -0.4 is 0 Å². The molecule has 0 aliphatic heterocycles. The summed E-state index contributed by atoms with van der Waals surface area (Å²) in [6.07, 6.45) is 11.8. The van der Waals surface area contributed by atoms with E-state index in [1.165, 1.54) is 44.9 Å². The van der Waals surface area contributed by atoms with Crippen LogP contribution in [0.25, 0.3) is 0 Å². The summed E-state index contributed by atoms with van der Waals surface area (Å²) in [7, 11) is 0. The first kappa shape index (κ1) is 12.4. The molecule has 106 valence electrons. The highest BCUT2D eigenvalue weighted by atomic mass is 16.1. The highest BCUT2D eigenvalue weighted by Crippen LogP contribution is 2.66. The summed E-state index contributed by atoms with van der Waals surface area (Å²) in [4.78, 5) is 12.0. The van der Waals surface area contributed by atoms with Crippen molar-refractivity contribution in [3.63, 3.8) is 0 Å². The largest absolute Gasteiger partial charge is 0.300 e. The highest BCUT2D eigenvalue weighted by Gasteiger charge is 2.59. The number of ketones is 1. The molecule has 0 spiro atoms. The third kappa shape index (κ3) is 1.56. The summed E-state index contributed by atoms with van der Waals surface area (Å²) in [6.45, 7) is 5.03. The van der Waals surface area contributed by atoms with Crippen LogP contribution in [0.3, 0.4) is 0 Å². The highest BCUT2D eigenvalue weighted by molar-refractivity contribution is 5.82. The van der Waals surface area contributed by atoms with E-state index in [0.717, 1.165) is 36.5 Å². The molecule has 0 aromatic rings. The maximum Gasteiger partial charge on any atom is 0.133 e. The van der Waals surface area contributed by atoms with Gasteiger partial charge in [0.2, 0.25) is 0 Å². The van der Waals surface area contributed by atoms with Crippen LogP contribution in [0.4, 0.5) is 0 Å². The topological polar surface area (TPSA) is 17.1 Å². The summed E-state index contributed by atoms with van der Waals surface area (Å²) in [5.74, 6) is 4.10. The van der Waals surface area contributed by atoms with E-state index in [2.05, 4.69) is 13.8 Å². The van der Waals surface area contributed by atoms with Crippen LogP contribution in [0.1, 0.15) is 71.6 Å². The van der Waals surface area contributed by atoms with Gasteiger partial charge in [0, 0.05) is 12.8 Å². The molecule has 4 saturated carbocycles. The number of rotatable bonds is 0. The van der Waals surface area contributed by atoms with Crippen molar-refractivity contribution in [2.75, 3.05) is 0 Å². The first-order valence-corrected chi connectivity index (χ1v) is 8.55. The summed E-state index contributed by atoms with van der Waals surface area (Å²) in [5.41, 5.74) is 1.04. The first-order valence-electron chi connectivity index (χ1n) is 8.55. The van der Waals surface area contributed by atoms with E-state index in [-0.39, 0.29) is 0 Å². The van der Waals surface area contributed by atoms with Gasteiger partial charge in [-0.3, -0.25) is 4.79 Å². The Kier molecular flexibility index (Phi) is 2.52. The zero-order valence-corrected chi connectivity index (χ0v) is 12.6. The van der Waals surface area contributed by atoms with Gasteiger partial charge in [0.1, 0.15) is 5.78 Å². The van der Waals surface area contributed by atoms with E-state index >= 15 is 0 Å². The maximum absolute atomic E-state index is 12.0. The second-order valence-corrected chi connectivity index (χ2v) is 8.66. The minimum atomic E-state index is 0.379. The zero-order chi connectivity index (χ0) is 13.3. The van der Waals surface area contributed by atoms with Crippen molar-refractivity contribution in [2.45, 2.75) is 71.6 Å². The van der Waals surface area contributed by atoms with E-state index in [1.807, 2.05) is 0 Å². The molecule has 0 radical (unpaired) electrons. The lowest BCUT2D eigenvalue weighted by Gasteiger charge is -2.56. The third-order valence-electron chi connectivity index (χ3n) is 7.90. The van der Waals surface area contributed by atoms with E-state index < -0.39 is 0 Å². The third-order valence-corrected chi connectivity index (χ3v) is 7.90. The van der Waals surface area contributed by atoms with E-state index in [4.69, 9.17) is 0 Å². The molecule has 4 aliphatic carbocycles. The molecule has 0 saturated heterocycles. The second-order valence-electron chi connectivity index (χ2n) is 8.66. The average molecular weight is 260 g/mol. The van der Waals surface area contributed by atoms with Gasteiger partial charge in [-0.15, -0.1) is 0 Å². The fraction of sp³-hybridized carbons (Fsp3) is 0.944. The predicted octanol–water partition coefficient (Wildman–Crippen LogP) is 4.60. The van der Waals surface area contributed by atoms with Crippen LogP contribution in [0.2, 0.25) is 0 Å². The molecule has 0 amide bonds. The number of Topliss-reactive ketones (excluding diaryl/α,β-unsaturated/α-hetero) is 1. The Hall–Kier alpha value is -0.330. The van der Waals surface area contributed by atoms with Crippen molar-refractivity contribution in [3.05, 3.63) is 0 Å². The van der Waals surface area contributed by atoms with Crippen LogP contribution in [-0.4, -0.2) is 5.78 Å². The lowest BCUT2D eigenvalue weighted by atomic mass is 9.48. The standard InChI is InChI=1S/C18H28O/c1-17-8-3-4-15(17)14-6-5-12-10-13(19)11-18(12,2)16(14)7-9-17/h12,14-16H,3-11H2,1-2H3/t12-,14-,15+,16-,17+,18-/m0/s1. The fourth-order valence-corrected chi connectivity index (χ4v) is 6.91. The lowest BCUT2D eigenvalue weighted by molar-refractivity contribution is -0.118. The molecule has 0 bridgehead atoms. The van der Waals surface area contributed by atoms with Crippen molar-refractivity contribution in [1.82, 2.24) is 0 Å². The lowest BCUT2D eigenvalue weighted by Crippen LogP contribution is -2.49. The van der Waals surface area contributed by atoms with Crippen LogP contribution >= 0.6 is 0 Å². The van der Waals surface area contributed by atoms with Crippen molar-refractivity contribution in [1.29, 1.82) is 0 Å². The van der Waals surface area contributed by atoms with Crippen molar-refractivity contribution < 1.29 is 4.79 Å². The van der Waals surface area contributed by atoms with E-state index in [9.17, 15) is 4.79 Å². The molecule has 1 nitrogen and oxygen atoms in total. The Balaban J connectivity index is 1.67. The summed E-state index contributed by atoms with van der Waals surface area (Å²) >= 11 is 0. The van der Waals surface area contributed by atoms with Gasteiger partial charge < -0.3 is 0 Å². The Morgan fingerprint density at radius 1 is 1.00 bits per heavy atom. The number of carbonyl (C=O) groups is 1. The Labute approximate surface area is 117 Å². The molecule has 0 aromatic heterocycles. The second kappa shape index (κ2) is 3.86. The number of fused-ring (bicyclic) bond motifs is 5. The number of hydrogen-bond donors (Lipinski definition) is 0. The van der Waals surface area contributed by atoms with Gasteiger partial charge in [-0.1, -0.05) is 20.3 Å². The van der Waals surface area contributed by atoms with E-state index in [1.54, 1.807) is 0 Å². The molecule has 4 aliphatic rings. The van der Waals surface area contributed by atoms with Gasteiger partial charge in [-0.2, -0.15) is 0 Å².